The van der Waals surface area contributed by atoms with Crippen molar-refractivity contribution in [3.8, 4) is 17.7 Å². The van der Waals surface area contributed by atoms with E-state index in [4.69, 9.17) is 4.99 Å². The van der Waals surface area contributed by atoms with Crippen molar-refractivity contribution in [3.63, 3.8) is 0 Å². The Morgan fingerprint density at radius 2 is 1.94 bits per heavy atom. The Bertz CT molecular complexity index is 1000. The molecule has 1 amide bonds. The van der Waals surface area contributed by atoms with Gasteiger partial charge in [-0.25, -0.2) is 4.99 Å². The highest BCUT2D eigenvalue weighted by atomic mass is 19.4. The summed E-state index contributed by atoms with van der Waals surface area (Å²) in [6, 6.07) is 8.59. The minimum absolute atomic E-state index is 0.0108. The molecule has 1 saturated heterocycles. The molecule has 10 heteroatoms. The second-order valence-electron chi connectivity index (χ2n) is 7.33. The molecule has 7 nitrogen and oxygen atoms in total. The lowest BCUT2D eigenvalue weighted by Crippen LogP contribution is -2.64. The van der Waals surface area contributed by atoms with E-state index in [-0.39, 0.29) is 17.7 Å². The lowest BCUT2D eigenvalue weighted by atomic mass is 10.0. The summed E-state index contributed by atoms with van der Waals surface area (Å²) in [5.41, 5.74) is 2.21. The summed E-state index contributed by atoms with van der Waals surface area (Å²) in [4.78, 5) is 20.0. The average molecular weight is 478 g/mol. The maximum Gasteiger partial charge on any atom is 0.573 e. The first-order chi connectivity index (χ1) is 16.1. The third-order valence-corrected chi connectivity index (χ3v) is 4.99. The molecule has 1 aromatic carbocycles. The van der Waals surface area contributed by atoms with Crippen LogP contribution >= 0.6 is 0 Å². The molecule has 2 heterocycles. The summed E-state index contributed by atoms with van der Waals surface area (Å²) in [6.45, 7) is 12.2. The van der Waals surface area contributed by atoms with Crippen molar-refractivity contribution in [2.24, 2.45) is 4.99 Å². The number of amides is 1. The fraction of sp³-hybridized carbons (Fsp3) is 0.417. The average Bonchev–Trinajstić information content (AvgIpc) is 2.77. The molecule has 1 atom stereocenters. The third-order valence-electron chi connectivity index (χ3n) is 4.99. The van der Waals surface area contributed by atoms with Crippen LogP contribution in [0.15, 0.2) is 47.5 Å². The van der Waals surface area contributed by atoms with Gasteiger partial charge in [-0.3, -0.25) is 14.6 Å². The minimum atomic E-state index is -4.75. The topological polar surface area (TPSA) is 69.2 Å². The van der Waals surface area contributed by atoms with Crippen molar-refractivity contribution in [1.82, 2.24) is 20.4 Å². The van der Waals surface area contributed by atoms with Gasteiger partial charge < -0.3 is 15.4 Å². The first-order valence-electron chi connectivity index (χ1n) is 10.9. The first kappa shape index (κ1) is 26.8. The van der Waals surface area contributed by atoms with Crippen molar-refractivity contribution >= 4 is 17.4 Å². The number of benzene rings is 1. The number of halogens is 3. The summed E-state index contributed by atoms with van der Waals surface area (Å²) in [6.07, 6.45) is -3.94. The van der Waals surface area contributed by atoms with Crippen LogP contribution in [0.2, 0.25) is 0 Å². The van der Waals surface area contributed by atoms with E-state index < -0.39 is 12.7 Å². The molecule has 0 aliphatic carbocycles. The highest BCUT2D eigenvalue weighted by molar-refractivity contribution is 6.06. The van der Waals surface area contributed by atoms with Gasteiger partial charge in [0, 0.05) is 31.8 Å². The van der Waals surface area contributed by atoms with Crippen molar-refractivity contribution in [3.05, 3.63) is 48.1 Å². The van der Waals surface area contributed by atoms with Crippen molar-refractivity contribution < 1.29 is 22.7 Å². The quantitative estimate of drug-likeness (QED) is 0.386. The SMILES string of the molecule is C=CC(=O)NC1CN(C2N=C(N(C)C#CC)C(C)=C(c3ccc(OC(F)(F)F)cc3)N2)C1.CC. The Morgan fingerprint density at radius 3 is 2.47 bits per heavy atom. The number of hydrogen-bond donors (Lipinski definition) is 2. The molecule has 2 N–H and O–H groups in total. The van der Waals surface area contributed by atoms with Crippen LogP contribution in [-0.2, 0) is 4.79 Å². The fourth-order valence-electron chi connectivity index (χ4n) is 3.51. The second-order valence-corrected chi connectivity index (χ2v) is 7.33. The number of nitrogens with zero attached hydrogens (tertiary/aromatic N) is 3. The van der Waals surface area contributed by atoms with Gasteiger partial charge in [0.2, 0.25) is 5.91 Å². The van der Waals surface area contributed by atoms with E-state index in [0.29, 0.717) is 24.5 Å². The monoisotopic (exact) mass is 477 g/mol. The van der Waals surface area contributed by atoms with Crippen LogP contribution in [0.3, 0.4) is 0 Å². The molecule has 0 spiro atoms. The van der Waals surface area contributed by atoms with E-state index in [1.807, 2.05) is 25.7 Å². The summed E-state index contributed by atoms with van der Waals surface area (Å²) in [5.74, 6) is 2.96. The molecule has 0 saturated carbocycles. The van der Waals surface area contributed by atoms with E-state index >= 15 is 0 Å². The summed E-state index contributed by atoms with van der Waals surface area (Å²) < 4.78 is 41.4. The molecule has 1 fully saturated rings. The summed E-state index contributed by atoms with van der Waals surface area (Å²) in [7, 11) is 1.79. The van der Waals surface area contributed by atoms with Crippen LogP contribution < -0.4 is 15.4 Å². The van der Waals surface area contributed by atoms with Gasteiger partial charge in [-0.1, -0.05) is 26.3 Å². The smallest absolute Gasteiger partial charge is 0.406 e. The van der Waals surface area contributed by atoms with Gasteiger partial charge in [-0.2, -0.15) is 0 Å². The van der Waals surface area contributed by atoms with Gasteiger partial charge >= 0.3 is 6.36 Å². The van der Waals surface area contributed by atoms with Crippen LogP contribution in [0.5, 0.6) is 5.75 Å². The Hall–Kier alpha value is -3.45. The van der Waals surface area contributed by atoms with Crippen LogP contribution in [0, 0.1) is 12.0 Å². The predicted octanol–water partition coefficient (Wildman–Crippen LogP) is 3.53. The second kappa shape index (κ2) is 11.6. The lowest BCUT2D eigenvalue weighted by Gasteiger charge is -2.45. The van der Waals surface area contributed by atoms with E-state index in [1.165, 1.54) is 18.2 Å². The number of amidine groups is 1. The van der Waals surface area contributed by atoms with Crippen molar-refractivity contribution in [2.45, 2.75) is 46.4 Å². The molecule has 0 bridgehead atoms. The Labute approximate surface area is 198 Å². The van der Waals surface area contributed by atoms with Gasteiger partial charge in [0.05, 0.1) is 11.7 Å². The molecule has 2 aliphatic rings. The third kappa shape index (κ3) is 6.78. The van der Waals surface area contributed by atoms with E-state index in [1.54, 1.807) is 31.0 Å². The number of likely N-dealkylation sites (N-methyl/N-ethyl adjacent to an activating group) is 1. The summed E-state index contributed by atoms with van der Waals surface area (Å²) >= 11 is 0. The molecule has 0 aromatic heterocycles. The van der Waals surface area contributed by atoms with Gasteiger partial charge in [0.1, 0.15) is 11.6 Å². The van der Waals surface area contributed by atoms with Crippen molar-refractivity contribution in [2.75, 3.05) is 20.1 Å². The van der Waals surface area contributed by atoms with E-state index in [9.17, 15) is 18.0 Å². The molecular formula is C24H30F3N5O2. The zero-order valence-electron chi connectivity index (χ0n) is 20.0. The van der Waals surface area contributed by atoms with Crippen LogP contribution in [-0.4, -0.2) is 60.4 Å². The highest BCUT2D eigenvalue weighted by Gasteiger charge is 2.36. The molecule has 2 aliphatic heterocycles. The van der Waals surface area contributed by atoms with Crippen molar-refractivity contribution in [1.29, 1.82) is 0 Å². The van der Waals surface area contributed by atoms with E-state index in [2.05, 4.69) is 33.9 Å². The van der Waals surface area contributed by atoms with E-state index in [0.717, 1.165) is 11.3 Å². The van der Waals surface area contributed by atoms with Gasteiger partial charge in [0.25, 0.3) is 0 Å². The molecule has 0 radical (unpaired) electrons. The molecule has 34 heavy (non-hydrogen) atoms. The molecule has 1 unspecified atom stereocenters. The normalized spacial score (nSPS) is 18.1. The Balaban J connectivity index is 0.00000199. The Kier molecular flexibility index (Phi) is 9.15. The van der Waals surface area contributed by atoms with Gasteiger partial charge in [-0.05, 0) is 49.8 Å². The number of likely N-dealkylation sites (tertiary alicyclic amines) is 1. The van der Waals surface area contributed by atoms with Gasteiger partial charge in [0.15, 0.2) is 6.29 Å². The number of ether oxygens (including phenoxy) is 1. The van der Waals surface area contributed by atoms with Crippen LogP contribution in [0.1, 0.15) is 33.3 Å². The Morgan fingerprint density at radius 1 is 1.32 bits per heavy atom. The largest absolute Gasteiger partial charge is 0.573 e. The number of aliphatic imine (C=N–C) groups is 1. The molecule has 1 aromatic rings. The fourth-order valence-corrected chi connectivity index (χ4v) is 3.51. The summed E-state index contributed by atoms with van der Waals surface area (Å²) in [5, 5.41) is 6.19. The predicted molar refractivity (Wildman–Crippen MR) is 126 cm³/mol. The zero-order chi connectivity index (χ0) is 25.5. The molecule has 184 valence electrons. The number of carbonyl (C=O) groups is 1. The maximum absolute atomic E-state index is 12.5. The molecular weight excluding hydrogens is 447 g/mol. The lowest BCUT2D eigenvalue weighted by molar-refractivity contribution is -0.274. The minimum Gasteiger partial charge on any atom is -0.406 e. The number of nitrogens with one attached hydrogen (secondary N) is 2. The number of carbonyl (C=O) groups excluding carboxylic acids is 1. The molecule has 3 rings (SSSR count). The zero-order valence-corrected chi connectivity index (χ0v) is 20.0. The first-order valence-corrected chi connectivity index (χ1v) is 10.9. The maximum atomic E-state index is 12.5. The number of rotatable bonds is 5. The standard InChI is InChI=1S/C22H24F3N5O2.C2H6/c1-5-11-29(4)20-14(3)19(15-7-9-17(10-8-15)32-22(23,24)25)27-21(28-20)30-12-16(13-30)26-18(31)6-2;1-2/h6-10,16,21,27H,2,12-13H2,1,3-4H3,(H,26,31);1-2H3. The van der Waals surface area contributed by atoms with Crippen LogP contribution in [0.25, 0.3) is 5.70 Å². The number of alkyl halides is 3. The highest BCUT2D eigenvalue weighted by Crippen LogP contribution is 2.28. The van der Waals surface area contributed by atoms with Crippen LogP contribution in [0.4, 0.5) is 13.2 Å². The van der Waals surface area contributed by atoms with Gasteiger partial charge in [-0.15, -0.1) is 13.2 Å². The number of hydrogen-bond acceptors (Lipinski definition) is 6.